The van der Waals surface area contributed by atoms with E-state index in [2.05, 4.69) is 39.6 Å². The monoisotopic (exact) mass is 225 g/mol. The molecule has 3 heteroatoms. The Bertz CT molecular complexity index is 434. The van der Waals surface area contributed by atoms with E-state index in [-0.39, 0.29) is 0 Å². The third-order valence-electron chi connectivity index (χ3n) is 2.05. The van der Waals surface area contributed by atoms with Crippen LogP contribution >= 0.6 is 20.8 Å². The molecule has 1 atom stereocenters. The largest absolute Gasteiger partial charge is 0.192 e. The number of hydrogen-bond donors (Lipinski definition) is 0. The Hall–Kier alpha value is -0.460. The molecule has 1 heterocycles. The van der Waals surface area contributed by atoms with Crippen molar-refractivity contribution in [3.8, 4) is 0 Å². The van der Waals surface area contributed by atoms with E-state index in [0.717, 1.165) is 5.44 Å². The van der Waals surface area contributed by atoms with Crippen LogP contribution in [0.4, 0.5) is 0 Å². The minimum absolute atomic E-state index is 1.08. The number of benzene rings is 1. The average molecular weight is 225 g/mol. The maximum atomic E-state index is 4.32. The molecule has 1 aromatic carbocycles. The fourth-order valence-corrected chi connectivity index (χ4v) is 2.85. The number of fused-ring (bicyclic) bond motifs is 1. The van der Waals surface area contributed by atoms with E-state index in [0.29, 0.717) is 0 Å². The predicted molar refractivity (Wildman–Crippen MR) is 69.8 cm³/mol. The van der Waals surface area contributed by atoms with Gasteiger partial charge in [-0.05, 0) is 36.5 Å². The summed E-state index contributed by atoms with van der Waals surface area (Å²) in [6, 6.07) is 4.31. The van der Waals surface area contributed by atoms with E-state index in [9.17, 15) is 0 Å². The van der Waals surface area contributed by atoms with Gasteiger partial charge in [-0.3, -0.25) is 0 Å². The van der Waals surface area contributed by atoms with E-state index in [1.54, 1.807) is 11.5 Å². The maximum Gasteiger partial charge on any atom is 0.0787 e. The van der Waals surface area contributed by atoms with Gasteiger partial charge >= 0.3 is 0 Å². The molecule has 0 N–H and O–H groups in total. The van der Waals surface area contributed by atoms with E-state index in [1.165, 1.54) is 21.2 Å². The van der Waals surface area contributed by atoms with Crippen LogP contribution in [0.3, 0.4) is 0 Å². The lowest BCUT2D eigenvalue weighted by Crippen LogP contribution is -1.91. The summed E-state index contributed by atoms with van der Waals surface area (Å²) in [5, 5.41) is 1.31. The summed E-state index contributed by atoms with van der Waals surface area (Å²) in [4.78, 5) is 0. The van der Waals surface area contributed by atoms with Crippen LogP contribution in [-0.2, 0) is 0 Å². The number of hydrogen-bond acceptors (Lipinski definition) is 2. The van der Waals surface area contributed by atoms with Crippen molar-refractivity contribution in [2.75, 3.05) is 0 Å². The Morgan fingerprint density at radius 3 is 2.29 bits per heavy atom. The molecule has 1 nitrogen and oxygen atoms in total. The highest BCUT2D eigenvalue weighted by molar-refractivity contribution is 7.30. The van der Waals surface area contributed by atoms with Crippen LogP contribution in [0, 0.1) is 13.8 Å². The van der Waals surface area contributed by atoms with Gasteiger partial charge in [0.15, 0.2) is 0 Å². The Kier molecular flexibility index (Phi) is 4.03. The van der Waals surface area contributed by atoms with Crippen LogP contribution in [0.1, 0.15) is 25.0 Å². The molecular formula is C11H16NPS. The SMILES string of the molecule is CC.Cc1ccc(C)c2c(P)nsc12. The van der Waals surface area contributed by atoms with Gasteiger partial charge in [-0.1, -0.05) is 35.2 Å². The maximum absolute atomic E-state index is 4.32. The van der Waals surface area contributed by atoms with Crippen molar-refractivity contribution in [3.05, 3.63) is 23.3 Å². The average Bonchev–Trinajstić information content (AvgIpc) is 2.59. The molecule has 0 spiro atoms. The lowest BCUT2D eigenvalue weighted by molar-refractivity contribution is 1.48. The lowest BCUT2D eigenvalue weighted by atomic mass is 10.1. The van der Waals surface area contributed by atoms with Gasteiger partial charge in [0.05, 0.1) is 10.1 Å². The number of aryl methyl sites for hydroxylation is 2. The highest BCUT2D eigenvalue weighted by Gasteiger charge is 2.06. The van der Waals surface area contributed by atoms with Gasteiger partial charge in [-0.2, -0.15) is 4.37 Å². The van der Waals surface area contributed by atoms with Gasteiger partial charge in [0, 0.05) is 5.39 Å². The van der Waals surface area contributed by atoms with Crippen molar-refractivity contribution in [3.63, 3.8) is 0 Å². The topological polar surface area (TPSA) is 12.9 Å². The first-order valence-electron chi connectivity index (χ1n) is 4.81. The van der Waals surface area contributed by atoms with Crippen molar-refractivity contribution >= 4 is 36.3 Å². The molecule has 0 amide bonds. The quantitative estimate of drug-likeness (QED) is 0.626. The van der Waals surface area contributed by atoms with Crippen molar-refractivity contribution in [1.29, 1.82) is 0 Å². The van der Waals surface area contributed by atoms with Crippen LogP contribution in [0.25, 0.3) is 10.1 Å². The number of rotatable bonds is 0. The fourth-order valence-electron chi connectivity index (χ4n) is 1.36. The lowest BCUT2D eigenvalue weighted by Gasteiger charge is -1.98. The normalized spacial score (nSPS) is 9.79. The number of nitrogens with zero attached hydrogens (tertiary/aromatic N) is 1. The van der Waals surface area contributed by atoms with Crippen LogP contribution in [0.5, 0.6) is 0 Å². The van der Waals surface area contributed by atoms with E-state index in [4.69, 9.17) is 0 Å². The summed E-state index contributed by atoms with van der Waals surface area (Å²) >= 11 is 1.58. The molecule has 1 unspecified atom stereocenters. The van der Waals surface area contributed by atoms with E-state index >= 15 is 0 Å². The first-order chi connectivity index (χ1) is 6.70. The standard InChI is InChI=1S/C9H10NPS.C2H6/c1-5-3-4-6(2)8-7(5)9(11)10-12-8;1-2/h3-4H,11H2,1-2H3;1-2H3. The Morgan fingerprint density at radius 1 is 1.14 bits per heavy atom. The fraction of sp³-hybridized carbons (Fsp3) is 0.364. The van der Waals surface area contributed by atoms with E-state index < -0.39 is 0 Å². The van der Waals surface area contributed by atoms with Gasteiger partial charge in [0.1, 0.15) is 0 Å². The zero-order valence-corrected chi connectivity index (χ0v) is 11.1. The minimum Gasteiger partial charge on any atom is -0.192 e. The summed E-state index contributed by atoms with van der Waals surface area (Å²) in [7, 11) is 2.69. The Labute approximate surface area is 91.9 Å². The van der Waals surface area contributed by atoms with Crippen molar-refractivity contribution in [2.45, 2.75) is 27.7 Å². The second-order valence-electron chi connectivity index (χ2n) is 2.97. The van der Waals surface area contributed by atoms with Gasteiger partial charge in [0.2, 0.25) is 0 Å². The van der Waals surface area contributed by atoms with Crippen molar-refractivity contribution < 1.29 is 0 Å². The molecule has 2 rings (SSSR count). The Morgan fingerprint density at radius 2 is 1.71 bits per heavy atom. The molecule has 2 aromatic rings. The highest BCUT2D eigenvalue weighted by Crippen LogP contribution is 2.24. The van der Waals surface area contributed by atoms with Gasteiger partial charge in [-0.15, -0.1) is 0 Å². The predicted octanol–water partition coefficient (Wildman–Crippen LogP) is 3.44. The molecule has 0 aliphatic rings. The third-order valence-corrected chi connectivity index (χ3v) is 3.66. The molecule has 1 aromatic heterocycles. The van der Waals surface area contributed by atoms with E-state index in [1.807, 2.05) is 13.8 Å². The van der Waals surface area contributed by atoms with Crippen LogP contribution in [0.2, 0.25) is 0 Å². The van der Waals surface area contributed by atoms with Crippen LogP contribution in [-0.4, -0.2) is 4.37 Å². The molecule has 0 saturated heterocycles. The molecule has 0 fully saturated rings. The molecule has 0 aliphatic heterocycles. The minimum atomic E-state index is 1.08. The summed E-state index contributed by atoms with van der Waals surface area (Å²) in [5.41, 5.74) is 3.72. The number of aromatic nitrogens is 1. The first-order valence-corrected chi connectivity index (χ1v) is 6.16. The van der Waals surface area contributed by atoms with Gasteiger partial charge < -0.3 is 0 Å². The van der Waals surface area contributed by atoms with Gasteiger partial charge in [-0.25, -0.2) is 0 Å². The van der Waals surface area contributed by atoms with Crippen molar-refractivity contribution in [2.24, 2.45) is 0 Å². The summed E-state index contributed by atoms with van der Waals surface area (Å²) in [5.74, 6) is 0. The summed E-state index contributed by atoms with van der Waals surface area (Å²) in [6.45, 7) is 8.26. The molecule has 0 bridgehead atoms. The van der Waals surface area contributed by atoms with Crippen LogP contribution in [0.15, 0.2) is 12.1 Å². The molecule has 0 saturated carbocycles. The molecular weight excluding hydrogens is 209 g/mol. The molecule has 14 heavy (non-hydrogen) atoms. The molecule has 0 aliphatic carbocycles. The summed E-state index contributed by atoms with van der Waals surface area (Å²) in [6.07, 6.45) is 0. The zero-order valence-electron chi connectivity index (χ0n) is 9.09. The highest BCUT2D eigenvalue weighted by atomic mass is 32.1. The van der Waals surface area contributed by atoms with Gasteiger partial charge in [0.25, 0.3) is 0 Å². The second kappa shape index (κ2) is 4.86. The third kappa shape index (κ3) is 1.97. The summed E-state index contributed by atoms with van der Waals surface area (Å²) < 4.78 is 5.64. The van der Waals surface area contributed by atoms with Crippen molar-refractivity contribution in [1.82, 2.24) is 4.37 Å². The Balaban J connectivity index is 0.000000461. The molecule has 76 valence electrons. The second-order valence-corrected chi connectivity index (χ2v) is 4.29. The zero-order chi connectivity index (χ0) is 10.7. The smallest absolute Gasteiger partial charge is 0.0787 e. The molecule has 0 radical (unpaired) electrons. The first kappa shape index (κ1) is 11.6. The van der Waals surface area contributed by atoms with Crippen LogP contribution < -0.4 is 5.44 Å².